The fraction of sp³-hybridized carbons (Fsp3) is 0.476. The second-order valence-corrected chi connectivity index (χ2v) is 15.2. The zero-order valence-electron chi connectivity index (χ0n) is 31.1. The zero-order chi connectivity index (χ0) is 37.9. The van der Waals surface area contributed by atoms with Gasteiger partial charge in [-0.3, -0.25) is 14.8 Å². The monoisotopic (exact) mass is 757 g/mol. The molecule has 0 amide bonds. The number of rotatable bonds is 20. The van der Waals surface area contributed by atoms with Gasteiger partial charge in [0.1, 0.15) is 30.1 Å². The molecule has 0 saturated heterocycles. The molecule has 2 N–H and O–H groups in total. The maximum atomic E-state index is 11.8. The Balaban J connectivity index is 1.49. The molecule has 2 aliphatic carbocycles. The first-order valence-corrected chi connectivity index (χ1v) is 19.8. The van der Waals surface area contributed by atoms with Gasteiger partial charge in [-0.2, -0.15) is 11.8 Å². The molecule has 11 nitrogen and oxygen atoms in total. The molecular formula is C42H51N3O8S. The third-order valence-corrected chi connectivity index (χ3v) is 12.0. The number of aromatic nitrogens is 2. The Morgan fingerprint density at radius 1 is 1.06 bits per heavy atom. The normalized spacial score (nSPS) is 24.8. The molecule has 1 aliphatic heterocycles. The number of aliphatic hydroxyl groups is 2. The number of oxime groups is 1. The van der Waals surface area contributed by atoms with E-state index in [0.29, 0.717) is 35.7 Å². The van der Waals surface area contributed by atoms with Gasteiger partial charge in [0.25, 0.3) is 0 Å². The highest BCUT2D eigenvalue weighted by atomic mass is 32.2. The molecule has 1 fully saturated rings. The van der Waals surface area contributed by atoms with E-state index in [1.165, 1.54) is 7.11 Å². The van der Waals surface area contributed by atoms with E-state index in [2.05, 4.69) is 33.8 Å². The van der Waals surface area contributed by atoms with Crippen LogP contribution in [0, 0.1) is 17.8 Å². The summed E-state index contributed by atoms with van der Waals surface area (Å²) in [5.41, 5.74) is 4.26. The van der Waals surface area contributed by atoms with Gasteiger partial charge in [0, 0.05) is 56.1 Å². The van der Waals surface area contributed by atoms with Crippen molar-refractivity contribution in [1.82, 2.24) is 9.97 Å². The molecule has 3 aromatic rings. The van der Waals surface area contributed by atoms with Crippen LogP contribution in [0.25, 0.3) is 0 Å². The summed E-state index contributed by atoms with van der Waals surface area (Å²) in [5.74, 6) is 2.00. The number of nitrogens with zero attached hydrogens (tertiary/aromatic N) is 3. The lowest BCUT2D eigenvalue weighted by Gasteiger charge is -2.58. The lowest BCUT2D eigenvalue weighted by Crippen LogP contribution is -2.64. The highest BCUT2D eigenvalue weighted by Crippen LogP contribution is 2.62. The van der Waals surface area contributed by atoms with Gasteiger partial charge in [0.15, 0.2) is 6.29 Å². The Morgan fingerprint density at radius 2 is 1.85 bits per heavy atom. The minimum absolute atomic E-state index is 0.0771. The molecule has 2 heterocycles. The molecule has 6 atom stereocenters. The van der Waals surface area contributed by atoms with Crippen LogP contribution in [0.2, 0.25) is 0 Å². The summed E-state index contributed by atoms with van der Waals surface area (Å²) in [6.45, 7) is 4.56. The molecule has 1 aromatic heterocycles. The molecule has 288 valence electrons. The number of ether oxygens (including phenoxy) is 4. The van der Waals surface area contributed by atoms with E-state index in [-0.39, 0.29) is 48.7 Å². The first-order valence-electron chi connectivity index (χ1n) is 18.8. The number of unbranched alkanes of at least 4 members (excludes halogenated alkanes) is 2. The van der Waals surface area contributed by atoms with Crippen molar-refractivity contribution in [1.29, 1.82) is 0 Å². The van der Waals surface area contributed by atoms with E-state index in [1.54, 1.807) is 61.7 Å². The van der Waals surface area contributed by atoms with Gasteiger partial charge in [0.2, 0.25) is 5.79 Å². The standard InChI is InChI=1S/C42H51N3O8S/c1-4-20-51-42-39(54-21-15-30-26-43-16-17-44-30)25-36(45-50-3)34-23-28(9-5-7-18-46)33(10-6-8-19-47)40(41(34)42)35-24-32(12-14-38(35)53-42)52-31-11-13-37(49-2)29(22-31)27-48/h4,11-14,16-17,22-24,26-28,33,39-41,46-47H,1,5-10,15,18-21,25H2,2-3H3. The number of benzene rings is 2. The number of fused-ring (bicyclic) bond motifs is 2. The number of aldehydes is 1. The Kier molecular flexibility index (Phi) is 13.8. The maximum absolute atomic E-state index is 11.8. The molecular weight excluding hydrogens is 707 g/mol. The van der Waals surface area contributed by atoms with Gasteiger partial charge >= 0.3 is 0 Å². The number of carbonyl (C=O) groups is 1. The Morgan fingerprint density at radius 3 is 2.57 bits per heavy atom. The average molecular weight is 758 g/mol. The first-order chi connectivity index (χ1) is 26.5. The van der Waals surface area contributed by atoms with Crippen LogP contribution in [0.5, 0.6) is 23.0 Å². The molecule has 6 rings (SSSR count). The first kappa shape index (κ1) is 39.5. The summed E-state index contributed by atoms with van der Waals surface area (Å²) in [4.78, 5) is 26.1. The number of allylic oxidation sites excluding steroid dienone is 1. The number of aryl methyl sites for hydroxylation is 1. The summed E-state index contributed by atoms with van der Waals surface area (Å²) in [6, 6.07) is 11.1. The van der Waals surface area contributed by atoms with E-state index in [9.17, 15) is 15.0 Å². The molecule has 2 aromatic carbocycles. The lowest BCUT2D eigenvalue weighted by molar-refractivity contribution is -0.223. The van der Waals surface area contributed by atoms with Crippen molar-refractivity contribution in [3.05, 3.63) is 96.1 Å². The second-order valence-electron chi connectivity index (χ2n) is 13.9. The van der Waals surface area contributed by atoms with Crippen LogP contribution in [0.1, 0.15) is 72.5 Å². The highest BCUT2D eigenvalue weighted by Gasteiger charge is 2.64. The Hall–Kier alpha value is -4.23. The molecule has 3 aliphatic rings. The molecule has 0 bridgehead atoms. The summed E-state index contributed by atoms with van der Waals surface area (Å²) in [5, 5.41) is 24.1. The van der Waals surface area contributed by atoms with Crippen molar-refractivity contribution in [2.45, 2.75) is 68.3 Å². The SMILES string of the molecule is C=CCOC12Oc3ccc(Oc4ccc(OC)c(C=O)c4)cc3C3C(CCCCO)C(CCCCO)C=C(C(=NOC)CC1SCCc1cnccn1)C32. The summed E-state index contributed by atoms with van der Waals surface area (Å²) < 4.78 is 26.0. The number of aliphatic hydroxyl groups excluding tert-OH is 2. The van der Waals surface area contributed by atoms with E-state index in [0.717, 1.165) is 78.9 Å². The fourth-order valence-corrected chi connectivity index (χ4v) is 9.80. The van der Waals surface area contributed by atoms with Crippen molar-refractivity contribution in [2.75, 3.05) is 39.8 Å². The third kappa shape index (κ3) is 8.52. The van der Waals surface area contributed by atoms with Gasteiger partial charge < -0.3 is 34.0 Å². The summed E-state index contributed by atoms with van der Waals surface area (Å²) >= 11 is 1.78. The van der Waals surface area contributed by atoms with Crippen LogP contribution in [0.3, 0.4) is 0 Å². The zero-order valence-corrected chi connectivity index (χ0v) is 31.9. The van der Waals surface area contributed by atoms with Gasteiger partial charge in [-0.1, -0.05) is 30.1 Å². The predicted octanol–water partition coefficient (Wildman–Crippen LogP) is 7.33. The van der Waals surface area contributed by atoms with Gasteiger partial charge in [0.05, 0.1) is 41.9 Å². The second kappa shape index (κ2) is 18.9. The smallest absolute Gasteiger partial charge is 0.230 e. The largest absolute Gasteiger partial charge is 0.496 e. The van der Waals surface area contributed by atoms with Crippen molar-refractivity contribution in [3.63, 3.8) is 0 Å². The van der Waals surface area contributed by atoms with E-state index in [4.69, 9.17) is 23.8 Å². The van der Waals surface area contributed by atoms with E-state index < -0.39 is 5.79 Å². The lowest BCUT2D eigenvalue weighted by atomic mass is 9.56. The van der Waals surface area contributed by atoms with Crippen LogP contribution in [0.15, 0.2) is 84.4 Å². The van der Waals surface area contributed by atoms with Crippen molar-refractivity contribution in [2.24, 2.45) is 22.9 Å². The topological polar surface area (TPSA) is 142 Å². The van der Waals surface area contributed by atoms with Crippen LogP contribution < -0.4 is 14.2 Å². The van der Waals surface area contributed by atoms with Gasteiger partial charge in [-0.15, -0.1) is 6.58 Å². The molecule has 1 saturated carbocycles. The average Bonchev–Trinajstić information content (AvgIpc) is 3.19. The van der Waals surface area contributed by atoms with Gasteiger partial charge in [-0.25, -0.2) is 0 Å². The third-order valence-electron chi connectivity index (χ3n) is 10.7. The molecule has 0 radical (unpaired) electrons. The minimum Gasteiger partial charge on any atom is -0.496 e. The molecule has 0 spiro atoms. The van der Waals surface area contributed by atoms with E-state index in [1.807, 2.05) is 12.1 Å². The quantitative estimate of drug-likeness (QED) is 0.0518. The van der Waals surface area contributed by atoms with Crippen LogP contribution in [0.4, 0.5) is 0 Å². The number of methoxy groups -OCH3 is 1. The molecule has 54 heavy (non-hydrogen) atoms. The maximum Gasteiger partial charge on any atom is 0.230 e. The predicted molar refractivity (Wildman–Crippen MR) is 209 cm³/mol. The van der Waals surface area contributed by atoms with Gasteiger partial charge in [-0.05, 0) is 85.2 Å². The summed E-state index contributed by atoms with van der Waals surface area (Å²) in [7, 11) is 3.11. The number of thioether (sulfide) groups is 1. The van der Waals surface area contributed by atoms with Crippen LogP contribution >= 0.6 is 11.8 Å². The Bertz CT molecular complexity index is 1790. The fourth-order valence-electron chi connectivity index (χ4n) is 8.42. The Labute approximate surface area is 321 Å². The summed E-state index contributed by atoms with van der Waals surface area (Å²) in [6.07, 6.45) is 16.3. The minimum atomic E-state index is -1.07. The number of carbonyl (C=O) groups excluding carboxylic acids is 1. The molecule has 12 heteroatoms. The van der Waals surface area contributed by atoms with Crippen molar-refractivity contribution in [3.8, 4) is 23.0 Å². The van der Waals surface area contributed by atoms with E-state index >= 15 is 0 Å². The molecule has 6 unspecified atom stereocenters. The van der Waals surface area contributed by atoms with Crippen LogP contribution in [-0.2, 0) is 16.0 Å². The van der Waals surface area contributed by atoms with Crippen LogP contribution in [-0.4, -0.2) is 83.0 Å². The number of hydrogen-bond donors (Lipinski definition) is 2. The highest BCUT2D eigenvalue weighted by molar-refractivity contribution is 8.00. The number of hydrogen-bond acceptors (Lipinski definition) is 12. The van der Waals surface area contributed by atoms with Crippen molar-refractivity contribution < 1.29 is 38.8 Å². The van der Waals surface area contributed by atoms with Crippen molar-refractivity contribution >= 4 is 23.8 Å².